The van der Waals surface area contributed by atoms with Crippen LogP contribution in [0.5, 0.6) is 0 Å². The van der Waals surface area contributed by atoms with Crippen molar-refractivity contribution in [3.05, 3.63) is 30.1 Å². The summed E-state index contributed by atoms with van der Waals surface area (Å²) in [5.74, 6) is -0.683. The lowest BCUT2D eigenvalue weighted by Crippen LogP contribution is -2.24. The summed E-state index contributed by atoms with van der Waals surface area (Å²) < 4.78 is 14.2. The molecule has 1 atom stereocenters. The maximum Gasteiger partial charge on any atom is 0.188 e. The van der Waals surface area contributed by atoms with Crippen LogP contribution in [-0.4, -0.2) is 22.7 Å². The molecule has 0 aliphatic carbocycles. The third-order valence-corrected chi connectivity index (χ3v) is 3.33. The highest BCUT2D eigenvalue weighted by molar-refractivity contribution is 5.93. The Morgan fingerprint density at radius 1 is 1.40 bits per heavy atom. The van der Waals surface area contributed by atoms with Crippen LogP contribution in [0.4, 0.5) is 15.9 Å². The second-order valence-electron chi connectivity index (χ2n) is 4.87. The van der Waals surface area contributed by atoms with E-state index in [9.17, 15) is 9.50 Å². The molecule has 108 valence electrons. The molecule has 0 aliphatic rings. The van der Waals surface area contributed by atoms with E-state index in [1.54, 1.807) is 12.1 Å². The van der Waals surface area contributed by atoms with Gasteiger partial charge in [-0.05, 0) is 12.5 Å². The van der Waals surface area contributed by atoms with Gasteiger partial charge in [0.05, 0.1) is 17.8 Å². The summed E-state index contributed by atoms with van der Waals surface area (Å²) in [4.78, 5) is 4.03. The molecule has 20 heavy (non-hydrogen) atoms. The van der Waals surface area contributed by atoms with Gasteiger partial charge in [-0.15, -0.1) is 0 Å². The molecule has 5 heteroatoms. The van der Waals surface area contributed by atoms with Crippen LogP contribution in [0.25, 0.3) is 10.9 Å². The number of hydrogen-bond acceptors (Lipinski definition) is 4. The number of anilines is 2. The molecule has 2 rings (SSSR count). The van der Waals surface area contributed by atoms with Crippen LogP contribution in [0.15, 0.2) is 24.3 Å². The van der Waals surface area contributed by atoms with Crippen molar-refractivity contribution in [1.82, 2.24) is 4.98 Å². The van der Waals surface area contributed by atoms with Crippen molar-refractivity contribution in [2.45, 2.75) is 32.2 Å². The van der Waals surface area contributed by atoms with Gasteiger partial charge in [0, 0.05) is 11.4 Å². The largest absolute Gasteiger partial charge is 0.394 e. The molecule has 0 saturated heterocycles. The number of aliphatic hydroxyl groups is 1. The molecule has 0 aliphatic heterocycles. The van der Waals surface area contributed by atoms with E-state index in [0.29, 0.717) is 16.6 Å². The smallest absolute Gasteiger partial charge is 0.188 e. The minimum atomic E-state index is -0.557. The molecule has 0 fully saturated rings. The van der Waals surface area contributed by atoms with Crippen LogP contribution < -0.4 is 11.1 Å². The number of unbranched alkanes of at least 4 members (excludes halogenated alkanes) is 1. The normalized spacial score (nSPS) is 12.6. The van der Waals surface area contributed by atoms with Crippen molar-refractivity contribution in [3.63, 3.8) is 0 Å². The summed E-state index contributed by atoms with van der Waals surface area (Å²) in [6, 6.07) is 7.05. The highest BCUT2D eigenvalue weighted by atomic mass is 19.1. The van der Waals surface area contributed by atoms with E-state index in [4.69, 9.17) is 5.73 Å². The van der Waals surface area contributed by atoms with E-state index < -0.39 is 5.82 Å². The fourth-order valence-electron chi connectivity index (χ4n) is 2.21. The minimum Gasteiger partial charge on any atom is -0.394 e. The van der Waals surface area contributed by atoms with Crippen LogP contribution in [0.2, 0.25) is 0 Å². The average molecular weight is 277 g/mol. The van der Waals surface area contributed by atoms with Crippen molar-refractivity contribution in [2.24, 2.45) is 0 Å². The van der Waals surface area contributed by atoms with Gasteiger partial charge < -0.3 is 16.2 Å². The van der Waals surface area contributed by atoms with Gasteiger partial charge in [0.2, 0.25) is 0 Å². The Balaban J connectivity index is 2.39. The number of fused-ring (bicyclic) bond motifs is 1. The minimum absolute atomic E-state index is 0.0456. The number of nitrogens with two attached hydrogens (primary N) is 1. The first kappa shape index (κ1) is 14.5. The number of halogens is 1. The number of pyridine rings is 1. The lowest BCUT2D eigenvalue weighted by molar-refractivity contribution is 0.267. The quantitative estimate of drug-likeness (QED) is 0.759. The van der Waals surface area contributed by atoms with E-state index in [2.05, 4.69) is 17.2 Å². The Kier molecular flexibility index (Phi) is 4.74. The molecule has 1 heterocycles. The molecule has 0 spiro atoms. The second-order valence-corrected chi connectivity index (χ2v) is 4.87. The summed E-state index contributed by atoms with van der Waals surface area (Å²) in [6.07, 6.45) is 2.78. The van der Waals surface area contributed by atoms with Gasteiger partial charge in [-0.25, -0.2) is 9.37 Å². The number of benzene rings is 1. The highest BCUT2D eigenvalue weighted by Gasteiger charge is 2.16. The van der Waals surface area contributed by atoms with Crippen molar-refractivity contribution in [1.29, 1.82) is 0 Å². The Morgan fingerprint density at radius 2 is 2.15 bits per heavy atom. The van der Waals surface area contributed by atoms with Gasteiger partial charge in [-0.2, -0.15) is 0 Å². The predicted octanol–water partition coefficient (Wildman–Crippen LogP) is 2.92. The Bertz CT molecular complexity index is 589. The monoisotopic (exact) mass is 277 g/mol. The van der Waals surface area contributed by atoms with Crippen molar-refractivity contribution < 1.29 is 9.50 Å². The predicted molar refractivity (Wildman–Crippen MR) is 80.1 cm³/mol. The maximum atomic E-state index is 14.2. The molecule has 0 radical (unpaired) electrons. The van der Waals surface area contributed by atoms with Crippen LogP contribution in [0.1, 0.15) is 26.2 Å². The van der Waals surface area contributed by atoms with E-state index in [1.807, 2.05) is 12.1 Å². The average Bonchev–Trinajstić information content (AvgIpc) is 2.47. The lowest BCUT2D eigenvalue weighted by Gasteiger charge is -2.19. The van der Waals surface area contributed by atoms with Gasteiger partial charge in [0.15, 0.2) is 11.6 Å². The van der Waals surface area contributed by atoms with Gasteiger partial charge in [-0.3, -0.25) is 0 Å². The zero-order valence-electron chi connectivity index (χ0n) is 11.6. The molecule has 0 saturated carbocycles. The third-order valence-electron chi connectivity index (χ3n) is 3.33. The number of aromatic nitrogens is 1. The molecule has 1 aromatic carbocycles. The first-order valence-electron chi connectivity index (χ1n) is 6.88. The van der Waals surface area contributed by atoms with Crippen LogP contribution in [0.3, 0.4) is 0 Å². The molecule has 4 nitrogen and oxygen atoms in total. The lowest BCUT2D eigenvalue weighted by atomic mass is 10.1. The third kappa shape index (κ3) is 2.99. The molecule has 0 bridgehead atoms. The summed E-state index contributed by atoms with van der Waals surface area (Å²) >= 11 is 0. The highest BCUT2D eigenvalue weighted by Crippen LogP contribution is 2.29. The molecule has 2 aromatic rings. The number of rotatable bonds is 6. The standard InChI is InChI=1S/C15H20FN3O/c1-2-3-6-10(9-20)18-14-11-7-4-5-8-12(11)19-15(17)13(14)16/h4-5,7-8,10,20H,2-3,6,9H2,1H3,(H3,17,18,19). The summed E-state index contributed by atoms with van der Waals surface area (Å²) in [5.41, 5.74) is 6.58. The summed E-state index contributed by atoms with van der Waals surface area (Å²) in [7, 11) is 0. The molecule has 1 aromatic heterocycles. The first-order valence-corrected chi connectivity index (χ1v) is 6.88. The van der Waals surface area contributed by atoms with Crippen LogP contribution in [0, 0.1) is 5.82 Å². The van der Waals surface area contributed by atoms with Crippen molar-refractivity contribution in [3.8, 4) is 0 Å². The van der Waals surface area contributed by atoms with Crippen LogP contribution in [-0.2, 0) is 0 Å². The molecular weight excluding hydrogens is 257 g/mol. The topological polar surface area (TPSA) is 71.2 Å². The molecular formula is C15H20FN3O. The zero-order chi connectivity index (χ0) is 14.5. The SMILES string of the molecule is CCCCC(CO)Nc1c(F)c(N)nc2ccccc12. The molecule has 0 amide bonds. The van der Waals surface area contributed by atoms with E-state index in [0.717, 1.165) is 19.3 Å². The molecule has 1 unspecified atom stereocenters. The fraction of sp³-hybridized carbons (Fsp3) is 0.400. The Labute approximate surface area is 117 Å². The van der Waals surface area contributed by atoms with Gasteiger partial charge in [0.25, 0.3) is 0 Å². The fourth-order valence-corrected chi connectivity index (χ4v) is 2.21. The Hall–Kier alpha value is -1.88. The number of nitrogens with zero attached hydrogens (tertiary/aromatic N) is 1. The van der Waals surface area contributed by atoms with Crippen molar-refractivity contribution >= 4 is 22.4 Å². The van der Waals surface area contributed by atoms with E-state index >= 15 is 0 Å². The summed E-state index contributed by atoms with van der Waals surface area (Å²) in [5, 5.41) is 13.2. The van der Waals surface area contributed by atoms with Crippen LogP contribution >= 0.6 is 0 Å². The van der Waals surface area contributed by atoms with Gasteiger partial charge >= 0.3 is 0 Å². The zero-order valence-corrected chi connectivity index (χ0v) is 11.6. The summed E-state index contributed by atoms with van der Waals surface area (Å²) in [6.45, 7) is 2.03. The second kappa shape index (κ2) is 6.52. The number of hydrogen-bond donors (Lipinski definition) is 3. The van der Waals surface area contributed by atoms with E-state index in [-0.39, 0.29) is 18.5 Å². The number of nitrogen functional groups attached to an aromatic ring is 1. The van der Waals surface area contributed by atoms with Gasteiger partial charge in [-0.1, -0.05) is 38.0 Å². The first-order chi connectivity index (χ1) is 9.67. The van der Waals surface area contributed by atoms with Gasteiger partial charge in [0.1, 0.15) is 0 Å². The van der Waals surface area contributed by atoms with E-state index in [1.165, 1.54) is 0 Å². The number of aliphatic hydroxyl groups excluding tert-OH is 1. The maximum absolute atomic E-state index is 14.2. The molecule has 4 N–H and O–H groups in total. The Morgan fingerprint density at radius 3 is 2.85 bits per heavy atom. The number of para-hydroxylation sites is 1. The van der Waals surface area contributed by atoms with Crippen molar-refractivity contribution in [2.75, 3.05) is 17.7 Å². The number of nitrogens with one attached hydrogen (secondary N) is 1.